The SMILES string of the molecule is CN(C)C1CCC(Oc2ncnc3sc4c(c23)CC(C)(C)CC4)CC1. The summed E-state index contributed by atoms with van der Waals surface area (Å²) in [5, 5.41) is 1.20. The molecule has 0 saturated heterocycles. The molecule has 0 amide bonds. The van der Waals surface area contributed by atoms with E-state index in [1.807, 2.05) is 11.3 Å². The maximum Gasteiger partial charge on any atom is 0.225 e. The van der Waals surface area contributed by atoms with Crippen LogP contribution in [0.15, 0.2) is 6.33 Å². The zero-order chi connectivity index (χ0) is 17.6. The number of hydrogen-bond acceptors (Lipinski definition) is 5. The second-order valence-electron chi connectivity index (χ2n) is 8.72. The molecule has 5 heteroatoms. The van der Waals surface area contributed by atoms with E-state index in [9.17, 15) is 0 Å². The van der Waals surface area contributed by atoms with E-state index in [-0.39, 0.29) is 0 Å². The Morgan fingerprint density at radius 2 is 1.92 bits per heavy atom. The lowest BCUT2D eigenvalue weighted by molar-refractivity contribution is 0.108. The lowest BCUT2D eigenvalue weighted by atomic mass is 9.76. The summed E-state index contributed by atoms with van der Waals surface area (Å²) in [6.45, 7) is 4.73. The zero-order valence-corrected chi connectivity index (χ0v) is 16.7. The van der Waals surface area contributed by atoms with Crippen LogP contribution in [0, 0.1) is 5.41 Å². The number of rotatable bonds is 3. The largest absolute Gasteiger partial charge is 0.474 e. The Hall–Kier alpha value is -1.20. The van der Waals surface area contributed by atoms with Crippen molar-refractivity contribution in [3.05, 3.63) is 16.8 Å². The van der Waals surface area contributed by atoms with Gasteiger partial charge in [0.15, 0.2) is 0 Å². The molecule has 1 saturated carbocycles. The molecule has 2 aromatic heterocycles. The number of aryl methyl sites for hydroxylation is 1. The average molecular weight is 360 g/mol. The molecule has 4 rings (SSSR count). The monoisotopic (exact) mass is 359 g/mol. The highest BCUT2D eigenvalue weighted by Crippen LogP contribution is 2.44. The number of nitrogens with zero attached hydrogens (tertiary/aromatic N) is 3. The fourth-order valence-corrected chi connectivity index (χ4v) is 5.49. The lowest BCUT2D eigenvalue weighted by Crippen LogP contribution is -2.35. The van der Waals surface area contributed by atoms with Crippen molar-refractivity contribution in [2.45, 2.75) is 70.9 Å². The summed E-state index contributed by atoms with van der Waals surface area (Å²) in [5.74, 6) is 0.827. The van der Waals surface area contributed by atoms with E-state index < -0.39 is 0 Å². The molecule has 0 aromatic carbocycles. The molecule has 0 bridgehead atoms. The maximum absolute atomic E-state index is 6.43. The normalized spacial score (nSPS) is 26.0. The highest BCUT2D eigenvalue weighted by molar-refractivity contribution is 7.18. The van der Waals surface area contributed by atoms with E-state index in [0.717, 1.165) is 36.4 Å². The molecule has 0 unspecified atom stereocenters. The van der Waals surface area contributed by atoms with Crippen LogP contribution in [0.1, 0.15) is 56.4 Å². The van der Waals surface area contributed by atoms with Gasteiger partial charge in [0.25, 0.3) is 0 Å². The van der Waals surface area contributed by atoms with Crippen LogP contribution in [0.5, 0.6) is 5.88 Å². The quantitative estimate of drug-likeness (QED) is 0.811. The van der Waals surface area contributed by atoms with Gasteiger partial charge < -0.3 is 9.64 Å². The Bertz CT molecular complexity index is 760. The standard InChI is InChI=1S/C20H29N3OS/c1-20(2)10-9-16-15(11-20)17-18(21-12-22-19(17)25-16)24-14-7-5-13(6-8-14)23(3)4/h12-14H,5-11H2,1-4H3. The molecule has 136 valence electrons. The summed E-state index contributed by atoms with van der Waals surface area (Å²) in [7, 11) is 4.36. The molecular weight excluding hydrogens is 330 g/mol. The van der Waals surface area contributed by atoms with Crippen molar-refractivity contribution in [1.29, 1.82) is 0 Å². The predicted molar refractivity (Wildman–Crippen MR) is 104 cm³/mol. The molecule has 2 heterocycles. The minimum absolute atomic E-state index is 0.293. The van der Waals surface area contributed by atoms with Crippen LogP contribution in [0.4, 0.5) is 0 Å². The predicted octanol–water partition coefficient (Wildman–Crippen LogP) is 4.46. The number of ether oxygens (including phenoxy) is 1. The van der Waals surface area contributed by atoms with Gasteiger partial charge in [-0.2, -0.15) is 0 Å². The minimum atomic E-state index is 0.293. The second kappa shape index (κ2) is 6.51. The molecule has 0 atom stereocenters. The highest BCUT2D eigenvalue weighted by atomic mass is 32.1. The third kappa shape index (κ3) is 3.41. The van der Waals surface area contributed by atoms with Crippen LogP contribution in [-0.4, -0.2) is 41.1 Å². The molecular formula is C20H29N3OS. The van der Waals surface area contributed by atoms with Gasteiger partial charge in [-0.05, 0) is 70.0 Å². The Morgan fingerprint density at radius 1 is 1.16 bits per heavy atom. The fraction of sp³-hybridized carbons (Fsp3) is 0.700. The molecule has 25 heavy (non-hydrogen) atoms. The first kappa shape index (κ1) is 17.2. The van der Waals surface area contributed by atoms with Crippen LogP contribution in [0.2, 0.25) is 0 Å². The smallest absolute Gasteiger partial charge is 0.225 e. The molecule has 0 radical (unpaired) electrons. The molecule has 2 aliphatic rings. The van der Waals surface area contributed by atoms with Crippen LogP contribution >= 0.6 is 11.3 Å². The number of aromatic nitrogens is 2. The van der Waals surface area contributed by atoms with Crippen molar-refractivity contribution in [1.82, 2.24) is 14.9 Å². The Labute approximate surface area is 154 Å². The van der Waals surface area contributed by atoms with Crippen molar-refractivity contribution < 1.29 is 4.74 Å². The highest BCUT2D eigenvalue weighted by Gasteiger charge is 2.31. The Morgan fingerprint density at radius 3 is 2.64 bits per heavy atom. The first-order valence-corrected chi connectivity index (χ1v) is 10.3. The third-order valence-electron chi connectivity index (χ3n) is 5.97. The summed E-state index contributed by atoms with van der Waals surface area (Å²) < 4.78 is 6.43. The van der Waals surface area contributed by atoms with Gasteiger partial charge in [0, 0.05) is 10.9 Å². The summed E-state index contributed by atoms with van der Waals surface area (Å²) in [6, 6.07) is 0.694. The van der Waals surface area contributed by atoms with Crippen molar-refractivity contribution in [3.8, 4) is 5.88 Å². The summed E-state index contributed by atoms with van der Waals surface area (Å²) in [4.78, 5) is 14.0. The van der Waals surface area contributed by atoms with Crippen LogP contribution < -0.4 is 4.74 Å². The summed E-state index contributed by atoms with van der Waals surface area (Å²) >= 11 is 1.84. The van der Waals surface area contributed by atoms with Gasteiger partial charge in [0.2, 0.25) is 5.88 Å². The van der Waals surface area contributed by atoms with Gasteiger partial charge in [0.1, 0.15) is 17.3 Å². The molecule has 0 aliphatic heterocycles. The average Bonchev–Trinajstić information content (AvgIpc) is 2.93. The lowest BCUT2D eigenvalue weighted by Gasteiger charge is -2.33. The van der Waals surface area contributed by atoms with E-state index >= 15 is 0 Å². The number of fused-ring (bicyclic) bond motifs is 3. The molecule has 0 spiro atoms. The summed E-state index contributed by atoms with van der Waals surface area (Å²) in [5.41, 5.74) is 1.81. The van der Waals surface area contributed by atoms with E-state index in [2.05, 4.69) is 42.8 Å². The molecule has 1 fully saturated rings. The van der Waals surface area contributed by atoms with Gasteiger partial charge in [-0.15, -0.1) is 11.3 Å². The number of thiophene rings is 1. The van der Waals surface area contributed by atoms with Crippen LogP contribution in [0.3, 0.4) is 0 Å². The van der Waals surface area contributed by atoms with Crippen molar-refractivity contribution >= 4 is 21.6 Å². The van der Waals surface area contributed by atoms with Crippen LogP contribution in [-0.2, 0) is 12.8 Å². The van der Waals surface area contributed by atoms with Gasteiger partial charge in [-0.3, -0.25) is 0 Å². The molecule has 2 aliphatic carbocycles. The first-order valence-electron chi connectivity index (χ1n) is 9.51. The van der Waals surface area contributed by atoms with E-state index in [4.69, 9.17) is 4.74 Å². The zero-order valence-electron chi connectivity index (χ0n) is 15.8. The van der Waals surface area contributed by atoms with E-state index in [1.165, 1.54) is 35.1 Å². The van der Waals surface area contributed by atoms with E-state index in [1.54, 1.807) is 6.33 Å². The summed E-state index contributed by atoms with van der Waals surface area (Å²) in [6.07, 6.45) is 10.2. The first-order chi connectivity index (χ1) is 11.9. The van der Waals surface area contributed by atoms with Crippen molar-refractivity contribution in [2.75, 3.05) is 14.1 Å². The van der Waals surface area contributed by atoms with E-state index in [0.29, 0.717) is 17.6 Å². The molecule has 2 aromatic rings. The van der Waals surface area contributed by atoms with Gasteiger partial charge in [-0.25, -0.2) is 9.97 Å². The molecule has 0 N–H and O–H groups in total. The molecule has 4 nitrogen and oxygen atoms in total. The van der Waals surface area contributed by atoms with Gasteiger partial charge >= 0.3 is 0 Å². The third-order valence-corrected chi connectivity index (χ3v) is 7.17. The Balaban J connectivity index is 1.59. The Kier molecular flexibility index (Phi) is 4.49. The van der Waals surface area contributed by atoms with Crippen LogP contribution in [0.25, 0.3) is 10.2 Å². The second-order valence-corrected chi connectivity index (χ2v) is 9.80. The minimum Gasteiger partial charge on any atom is -0.474 e. The van der Waals surface area contributed by atoms with Crippen molar-refractivity contribution in [2.24, 2.45) is 5.41 Å². The van der Waals surface area contributed by atoms with Crippen molar-refractivity contribution in [3.63, 3.8) is 0 Å². The van der Waals surface area contributed by atoms with Gasteiger partial charge in [-0.1, -0.05) is 13.8 Å². The van der Waals surface area contributed by atoms with Gasteiger partial charge in [0.05, 0.1) is 5.39 Å². The number of hydrogen-bond donors (Lipinski definition) is 0. The maximum atomic E-state index is 6.43. The fourth-order valence-electron chi connectivity index (χ4n) is 4.34. The topological polar surface area (TPSA) is 38.2 Å².